The molecule has 0 atom stereocenters. The van der Waals surface area contributed by atoms with E-state index in [0.29, 0.717) is 0 Å². The Bertz CT molecular complexity index is 566. The van der Waals surface area contributed by atoms with Crippen LogP contribution in [0.15, 0.2) is 24.5 Å². The second-order valence-corrected chi connectivity index (χ2v) is 4.94. The molecule has 2 aromatic rings. The van der Waals surface area contributed by atoms with Gasteiger partial charge < -0.3 is 5.32 Å². The Labute approximate surface area is 120 Å². The molecule has 0 saturated heterocycles. The number of anilines is 1. The highest BCUT2D eigenvalue weighted by Gasteiger charge is 2.09. The Morgan fingerprint density at radius 2 is 2.00 bits per heavy atom. The molecule has 0 bridgehead atoms. The van der Waals surface area contributed by atoms with E-state index in [4.69, 9.17) is 0 Å². The Kier molecular flexibility index (Phi) is 5.04. The van der Waals surface area contributed by atoms with E-state index >= 15 is 0 Å². The van der Waals surface area contributed by atoms with Crippen molar-refractivity contribution in [3.8, 4) is 11.4 Å². The van der Waals surface area contributed by atoms with E-state index in [0.717, 1.165) is 54.3 Å². The number of rotatable bonds is 6. The summed E-state index contributed by atoms with van der Waals surface area (Å²) in [4.78, 5) is 13.5. The Morgan fingerprint density at radius 3 is 2.70 bits per heavy atom. The molecule has 0 aliphatic carbocycles. The minimum atomic E-state index is 0.764. The highest BCUT2D eigenvalue weighted by molar-refractivity contribution is 5.60. The van der Waals surface area contributed by atoms with Gasteiger partial charge in [-0.1, -0.05) is 20.3 Å². The molecule has 0 radical (unpaired) electrons. The molecule has 0 spiro atoms. The summed E-state index contributed by atoms with van der Waals surface area (Å²) in [5, 5.41) is 3.35. The minimum Gasteiger partial charge on any atom is -0.370 e. The third-order valence-electron chi connectivity index (χ3n) is 3.12. The van der Waals surface area contributed by atoms with Crippen LogP contribution in [0.2, 0.25) is 0 Å². The lowest BCUT2D eigenvalue weighted by Crippen LogP contribution is -2.06. The van der Waals surface area contributed by atoms with Gasteiger partial charge in [-0.05, 0) is 31.4 Å². The molecule has 106 valence electrons. The second kappa shape index (κ2) is 6.98. The molecule has 0 saturated carbocycles. The van der Waals surface area contributed by atoms with E-state index < -0.39 is 0 Å². The van der Waals surface area contributed by atoms with Gasteiger partial charge in [-0.15, -0.1) is 0 Å². The van der Waals surface area contributed by atoms with Gasteiger partial charge in [-0.25, -0.2) is 9.97 Å². The van der Waals surface area contributed by atoms with Crippen molar-refractivity contribution in [1.82, 2.24) is 15.0 Å². The lowest BCUT2D eigenvalue weighted by atomic mass is 10.1. The first-order chi connectivity index (χ1) is 9.74. The molecule has 4 nitrogen and oxygen atoms in total. The number of hydrogen-bond donors (Lipinski definition) is 1. The summed E-state index contributed by atoms with van der Waals surface area (Å²) in [6, 6.07) is 4.04. The van der Waals surface area contributed by atoms with Gasteiger partial charge in [0.2, 0.25) is 0 Å². The molecule has 0 unspecified atom stereocenters. The van der Waals surface area contributed by atoms with Crippen molar-refractivity contribution < 1.29 is 0 Å². The number of pyridine rings is 1. The van der Waals surface area contributed by atoms with Crippen LogP contribution in [0.1, 0.15) is 37.9 Å². The summed E-state index contributed by atoms with van der Waals surface area (Å²) in [5.74, 6) is 1.67. The lowest BCUT2D eigenvalue weighted by molar-refractivity contribution is 0.872. The molecule has 2 aromatic heterocycles. The Balaban J connectivity index is 2.40. The van der Waals surface area contributed by atoms with Crippen molar-refractivity contribution in [3.63, 3.8) is 0 Å². The topological polar surface area (TPSA) is 50.7 Å². The van der Waals surface area contributed by atoms with Crippen LogP contribution in [-0.4, -0.2) is 21.5 Å². The van der Waals surface area contributed by atoms with Crippen LogP contribution in [0, 0.1) is 6.92 Å². The monoisotopic (exact) mass is 270 g/mol. The molecule has 2 heterocycles. The van der Waals surface area contributed by atoms with Crippen LogP contribution in [0.25, 0.3) is 11.4 Å². The third kappa shape index (κ3) is 3.53. The summed E-state index contributed by atoms with van der Waals surface area (Å²) in [6.45, 7) is 7.30. The number of hydrogen-bond acceptors (Lipinski definition) is 4. The highest BCUT2D eigenvalue weighted by Crippen LogP contribution is 2.21. The first-order valence-electron chi connectivity index (χ1n) is 7.27. The zero-order valence-electron chi connectivity index (χ0n) is 12.5. The normalized spacial score (nSPS) is 10.6. The van der Waals surface area contributed by atoms with Gasteiger partial charge in [-0.3, -0.25) is 4.98 Å². The van der Waals surface area contributed by atoms with E-state index in [9.17, 15) is 0 Å². The Hall–Kier alpha value is -1.97. The first kappa shape index (κ1) is 14.4. The van der Waals surface area contributed by atoms with Crippen LogP contribution in [0.4, 0.5) is 5.82 Å². The van der Waals surface area contributed by atoms with Gasteiger partial charge in [0.1, 0.15) is 5.82 Å². The number of nitrogens with one attached hydrogen (secondary N) is 1. The minimum absolute atomic E-state index is 0.764. The van der Waals surface area contributed by atoms with Gasteiger partial charge >= 0.3 is 0 Å². The van der Waals surface area contributed by atoms with Crippen molar-refractivity contribution in [2.75, 3.05) is 11.9 Å². The Morgan fingerprint density at radius 1 is 1.15 bits per heavy atom. The summed E-state index contributed by atoms with van der Waals surface area (Å²) in [5.41, 5.74) is 3.24. The predicted molar refractivity (Wildman–Crippen MR) is 82.8 cm³/mol. The van der Waals surface area contributed by atoms with Crippen LogP contribution in [0.5, 0.6) is 0 Å². The van der Waals surface area contributed by atoms with E-state index in [1.54, 1.807) is 6.20 Å². The summed E-state index contributed by atoms with van der Waals surface area (Å²) in [6.07, 6.45) is 6.76. The average Bonchev–Trinajstić information content (AvgIpc) is 2.46. The maximum atomic E-state index is 4.67. The van der Waals surface area contributed by atoms with E-state index in [-0.39, 0.29) is 0 Å². The van der Waals surface area contributed by atoms with Crippen LogP contribution < -0.4 is 5.32 Å². The fourth-order valence-electron chi connectivity index (χ4n) is 2.04. The zero-order chi connectivity index (χ0) is 14.4. The maximum Gasteiger partial charge on any atom is 0.163 e. The van der Waals surface area contributed by atoms with E-state index in [1.165, 1.54) is 0 Å². The predicted octanol–water partition coefficient (Wildman–Crippen LogP) is 3.62. The molecule has 0 aliphatic heterocycles. The molecule has 20 heavy (non-hydrogen) atoms. The molecule has 1 N–H and O–H groups in total. The molecule has 4 heteroatoms. The van der Waals surface area contributed by atoms with Gasteiger partial charge in [0, 0.05) is 36.3 Å². The van der Waals surface area contributed by atoms with Crippen molar-refractivity contribution in [2.45, 2.75) is 40.0 Å². The largest absolute Gasteiger partial charge is 0.370 e. The number of aryl methyl sites for hydroxylation is 2. The zero-order valence-corrected chi connectivity index (χ0v) is 12.5. The SMILES string of the molecule is CCCNc1cc(CCC)nc(-c2cnccc2C)n1. The van der Waals surface area contributed by atoms with Gasteiger partial charge in [0.25, 0.3) is 0 Å². The third-order valence-corrected chi connectivity index (χ3v) is 3.12. The summed E-state index contributed by atoms with van der Waals surface area (Å²) >= 11 is 0. The molecular weight excluding hydrogens is 248 g/mol. The number of aromatic nitrogens is 3. The fourth-order valence-corrected chi connectivity index (χ4v) is 2.04. The molecule has 2 rings (SSSR count). The molecule has 0 aromatic carbocycles. The van der Waals surface area contributed by atoms with E-state index in [2.05, 4.69) is 41.0 Å². The van der Waals surface area contributed by atoms with Crippen molar-refractivity contribution >= 4 is 5.82 Å². The average molecular weight is 270 g/mol. The summed E-state index contributed by atoms with van der Waals surface area (Å²) in [7, 11) is 0. The van der Waals surface area contributed by atoms with Gasteiger partial charge in [-0.2, -0.15) is 0 Å². The first-order valence-corrected chi connectivity index (χ1v) is 7.27. The van der Waals surface area contributed by atoms with Gasteiger partial charge in [0.05, 0.1) is 0 Å². The summed E-state index contributed by atoms with van der Waals surface area (Å²) < 4.78 is 0. The fraction of sp³-hybridized carbons (Fsp3) is 0.438. The van der Waals surface area contributed by atoms with Crippen LogP contribution in [0.3, 0.4) is 0 Å². The molecule has 0 aliphatic rings. The second-order valence-electron chi connectivity index (χ2n) is 4.94. The smallest absolute Gasteiger partial charge is 0.163 e. The van der Waals surface area contributed by atoms with Crippen LogP contribution in [-0.2, 0) is 6.42 Å². The van der Waals surface area contributed by atoms with Crippen molar-refractivity contribution in [1.29, 1.82) is 0 Å². The molecule has 0 fully saturated rings. The van der Waals surface area contributed by atoms with Crippen LogP contribution >= 0.6 is 0 Å². The highest BCUT2D eigenvalue weighted by atomic mass is 15.0. The molecule has 0 amide bonds. The van der Waals surface area contributed by atoms with E-state index in [1.807, 2.05) is 18.3 Å². The maximum absolute atomic E-state index is 4.67. The number of nitrogens with zero attached hydrogens (tertiary/aromatic N) is 3. The molecular formula is C16H22N4. The van der Waals surface area contributed by atoms with Crippen molar-refractivity contribution in [2.24, 2.45) is 0 Å². The van der Waals surface area contributed by atoms with Gasteiger partial charge in [0.15, 0.2) is 5.82 Å². The standard InChI is InChI=1S/C16H22N4/c1-4-6-13-10-15(18-8-5-2)20-16(19-13)14-11-17-9-7-12(14)3/h7,9-11H,4-6,8H2,1-3H3,(H,18,19,20). The lowest BCUT2D eigenvalue weighted by Gasteiger charge is -2.10. The van der Waals surface area contributed by atoms with Crippen molar-refractivity contribution in [3.05, 3.63) is 35.8 Å². The quantitative estimate of drug-likeness (QED) is 0.871.